The third-order valence-corrected chi connectivity index (χ3v) is 6.31. The second-order valence-corrected chi connectivity index (χ2v) is 7.95. The largest absolute Gasteiger partial charge is 0.328 e. The van der Waals surface area contributed by atoms with Gasteiger partial charge >= 0.3 is 0 Å². The molecule has 1 aliphatic heterocycles. The molecular formula is C21H27FN2O2. The Morgan fingerprint density at radius 1 is 0.808 bits per heavy atom. The molecular weight excluding hydrogens is 331 g/mol. The van der Waals surface area contributed by atoms with E-state index in [-0.39, 0.29) is 36.3 Å². The molecule has 0 spiro atoms. The third-order valence-electron chi connectivity index (χ3n) is 6.31. The molecule has 5 heteroatoms. The highest BCUT2D eigenvalue weighted by molar-refractivity contribution is 5.96. The van der Waals surface area contributed by atoms with Crippen molar-refractivity contribution in [3.63, 3.8) is 0 Å². The molecule has 1 atom stereocenters. The van der Waals surface area contributed by atoms with E-state index in [0.717, 1.165) is 56.9 Å². The summed E-state index contributed by atoms with van der Waals surface area (Å²) < 4.78 is 13.4. The van der Waals surface area contributed by atoms with E-state index in [9.17, 15) is 14.0 Å². The molecule has 0 aromatic heterocycles. The van der Waals surface area contributed by atoms with E-state index < -0.39 is 6.04 Å². The second-order valence-electron chi connectivity index (χ2n) is 7.95. The summed E-state index contributed by atoms with van der Waals surface area (Å²) in [5.41, 5.74) is 0.733. The highest BCUT2D eigenvalue weighted by atomic mass is 19.1. The van der Waals surface area contributed by atoms with E-state index in [1.54, 1.807) is 12.1 Å². The predicted molar refractivity (Wildman–Crippen MR) is 96.8 cm³/mol. The Labute approximate surface area is 154 Å². The smallest absolute Gasteiger partial charge is 0.250 e. The van der Waals surface area contributed by atoms with Gasteiger partial charge in [-0.1, -0.05) is 44.2 Å². The van der Waals surface area contributed by atoms with Crippen LogP contribution in [-0.4, -0.2) is 40.2 Å². The normalized spacial score (nSPS) is 26.0. The van der Waals surface area contributed by atoms with E-state index in [2.05, 4.69) is 0 Å². The first-order valence-corrected chi connectivity index (χ1v) is 10.0. The van der Waals surface area contributed by atoms with Gasteiger partial charge in [-0.15, -0.1) is 0 Å². The first kappa shape index (κ1) is 17.5. The number of hydrogen-bond acceptors (Lipinski definition) is 2. The number of amides is 2. The minimum atomic E-state index is -0.595. The first-order valence-electron chi connectivity index (χ1n) is 10.0. The van der Waals surface area contributed by atoms with Gasteiger partial charge in [0.05, 0.1) is 0 Å². The molecule has 3 aliphatic rings. The van der Waals surface area contributed by atoms with Crippen molar-refractivity contribution < 1.29 is 14.0 Å². The quantitative estimate of drug-likeness (QED) is 0.824. The topological polar surface area (TPSA) is 40.6 Å². The summed E-state index contributed by atoms with van der Waals surface area (Å²) in [4.78, 5) is 30.2. The van der Waals surface area contributed by atoms with Gasteiger partial charge in [0.1, 0.15) is 18.4 Å². The molecule has 0 bridgehead atoms. The molecule has 2 amide bonds. The van der Waals surface area contributed by atoms with Crippen LogP contribution in [0.2, 0.25) is 0 Å². The molecule has 140 valence electrons. The Morgan fingerprint density at radius 3 is 2.04 bits per heavy atom. The van der Waals surface area contributed by atoms with Gasteiger partial charge in [0.25, 0.3) is 5.91 Å². The van der Waals surface area contributed by atoms with E-state index in [1.165, 1.54) is 18.6 Å². The minimum absolute atomic E-state index is 0.0232. The molecule has 1 aromatic rings. The predicted octanol–water partition coefficient (Wildman–Crippen LogP) is 3.81. The van der Waals surface area contributed by atoms with Crippen molar-refractivity contribution in [1.29, 1.82) is 0 Å². The first-order chi connectivity index (χ1) is 12.6. The number of halogens is 1. The summed E-state index contributed by atoms with van der Waals surface area (Å²) in [5.74, 6) is -0.244. The molecule has 4 nitrogen and oxygen atoms in total. The third kappa shape index (κ3) is 3.24. The SMILES string of the molecule is O=C1C(c2ccc(F)cc2)N(C2CCCC2)C(=O)CN1C1CCCCC1. The van der Waals surface area contributed by atoms with Crippen LogP contribution >= 0.6 is 0 Å². The average Bonchev–Trinajstić information content (AvgIpc) is 3.19. The lowest BCUT2D eigenvalue weighted by Gasteiger charge is -2.46. The maximum Gasteiger partial charge on any atom is 0.250 e. The molecule has 0 radical (unpaired) electrons. The molecule has 0 N–H and O–H groups in total. The summed E-state index contributed by atoms with van der Waals surface area (Å²) in [6.45, 7) is 0.206. The van der Waals surface area contributed by atoms with E-state index in [4.69, 9.17) is 0 Å². The van der Waals surface area contributed by atoms with Crippen LogP contribution in [0.5, 0.6) is 0 Å². The van der Waals surface area contributed by atoms with Crippen molar-refractivity contribution in [2.45, 2.75) is 75.9 Å². The van der Waals surface area contributed by atoms with Crippen LogP contribution in [0.4, 0.5) is 4.39 Å². The van der Waals surface area contributed by atoms with Crippen LogP contribution in [-0.2, 0) is 9.59 Å². The number of piperazine rings is 1. The number of carbonyl (C=O) groups excluding carboxylic acids is 2. The van der Waals surface area contributed by atoms with Crippen LogP contribution < -0.4 is 0 Å². The number of hydrogen-bond donors (Lipinski definition) is 0. The van der Waals surface area contributed by atoms with Crippen molar-refractivity contribution in [2.24, 2.45) is 0 Å². The molecule has 2 aliphatic carbocycles. The zero-order valence-corrected chi connectivity index (χ0v) is 15.2. The number of nitrogens with zero attached hydrogens (tertiary/aromatic N) is 2. The summed E-state index contributed by atoms with van der Waals surface area (Å²) in [6, 6.07) is 5.82. The van der Waals surface area contributed by atoms with Gasteiger partial charge in [-0.05, 0) is 43.4 Å². The highest BCUT2D eigenvalue weighted by Crippen LogP contribution is 2.37. The maximum absolute atomic E-state index is 13.5. The Morgan fingerprint density at radius 2 is 1.38 bits per heavy atom. The standard InChI is InChI=1S/C21H27FN2O2/c22-16-12-10-15(11-13-16)20-21(26)23(17-6-2-1-3-7-17)14-19(25)24(20)18-8-4-5-9-18/h10-13,17-18,20H,1-9,14H2. The zero-order chi connectivity index (χ0) is 18.1. The Balaban J connectivity index is 1.67. The van der Waals surface area contributed by atoms with Crippen LogP contribution in [0.1, 0.15) is 69.4 Å². The molecule has 1 heterocycles. The van der Waals surface area contributed by atoms with Gasteiger partial charge in [0.15, 0.2) is 0 Å². The van der Waals surface area contributed by atoms with Crippen LogP contribution in [0.25, 0.3) is 0 Å². The lowest BCUT2D eigenvalue weighted by Crippen LogP contribution is -2.60. The van der Waals surface area contributed by atoms with Gasteiger partial charge in [-0.3, -0.25) is 9.59 Å². The summed E-state index contributed by atoms with van der Waals surface area (Å²) >= 11 is 0. The van der Waals surface area contributed by atoms with Crippen molar-refractivity contribution >= 4 is 11.8 Å². The van der Waals surface area contributed by atoms with Gasteiger partial charge in [-0.2, -0.15) is 0 Å². The lowest BCUT2D eigenvalue weighted by atomic mass is 9.91. The second kappa shape index (κ2) is 7.37. The van der Waals surface area contributed by atoms with Gasteiger partial charge < -0.3 is 9.80 Å². The summed E-state index contributed by atoms with van der Waals surface area (Å²) in [6.07, 6.45) is 9.54. The van der Waals surface area contributed by atoms with Crippen molar-refractivity contribution in [2.75, 3.05) is 6.54 Å². The molecule has 26 heavy (non-hydrogen) atoms. The fourth-order valence-corrected chi connectivity index (χ4v) is 4.97. The number of carbonyl (C=O) groups is 2. The van der Waals surface area contributed by atoms with Gasteiger partial charge in [0, 0.05) is 12.1 Å². The summed E-state index contributed by atoms with van der Waals surface area (Å²) in [7, 11) is 0. The number of benzene rings is 1. The van der Waals surface area contributed by atoms with Crippen molar-refractivity contribution in [3.8, 4) is 0 Å². The fourth-order valence-electron chi connectivity index (χ4n) is 4.97. The Kier molecular flexibility index (Phi) is 4.96. The Bertz CT molecular complexity index is 663. The molecule has 1 saturated heterocycles. The van der Waals surface area contributed by atoms with Gasteiger partial charge in [0.2, 0.25) is 5.91 Å². The molecule has 1 unspecified atom stereocenters. The van der Waals surface area contributed by atoms with Crippen molar-refractivity contribution in [1.82, 2.24) is 9.80 Å². The van der Waals surface area contributed by atoms with E-state index in [1.807, 2.05) is 9.80 Å². The molecule has 1 aromatic carbocycles. The maximum atomic E-state index is 13.5. The molecule has 2 saturated carbocycles. The zero-order valence-electron chi connectivity index (χ0n) is 15.2. The van der Waals surface area contributed by atoms with Gasteiger partial charge in [-0.25, -0.2) is 4.39 Å². The van der Waals surface area contributed by atoms with Crippen LogP contribution in [0.15, 0.2) is 24.3 Å². The number of rotatable bonds is 3. The van der Waals surface area contributed by atoms with E-state index >= 15 is 0 Å². The lowest BCUT2D eigenvalue weighted by molar-refractivity contribution is -0.161. The van der Waals surface area contributed by atoms with Crippen LogP contribution in [0.3, 0.4) is 0 Å². The van der Waals surface area contributed by atoms with E-state index in [0.29, 0.717) is 0 Å². The minimum Gasteiger partial charge on any atom is -0.328 e. The van der Waals surface area contributed by atoms with Crippen LogP contribution in [0, 0.1) is 5.82 Å². The van der Waals surface area contributed by atoms with Crippen molar-refractivity contribution in [3.05, 3.63) is 35.6 Å². The molecule has 3 fully saturated rings. The summed E-state index contributed by atoms with van der Waals surface area (Å²) in [5, 5.41) is 0. The Hall–Kier alpha value is -1.91. The monoisotopic (exact) mass is 358 g/mol. The highest BCUT2D eigenvalue weighted by Gasteiger charge is 2.45. The molecule has 4 rings (SSSR count). The average molecular weight is 358 g/mol. The fraction of sp³-hybridized carbons (Fsp3) is 0.619.